The van der Waals surface area contributed by atoms with Crippen LogP contribution < -0.4 is 16.1 Å². The molecule has 172 valence electrons. The maximum absolute atomic E-state index is 13.2. The summed E-state index contributed by atoms with van der Waals surface area (Å²) in [5.74, 6) is -0.458. The minimum atomic E-state index is -0.713. The maximum Gasteiger partial charge on any atom is 0.274 e. The summed E-state index contributed by atoms with van der Waals surface area (Å²) in [5, 5.41) is 8.87. The average Bonchev–Trinajstić information content (AvgIpc) is 3.43. The SMILES string of the molecule is CCN(CC)CCn1c(NC(=O)C2=NN(c3ccccc3)C(C(N)=O)C2)nc2ccccc21. The van der Waals surface area contributed by atoms with Crippen molar-refractivity contribution in [3.05, 3.63) is 54.6 Å². The molecule has 0 saturated heterocycles. The third-order valence-electron chi connectivity index (χ3n) is 5.94. The van der Waals surface area contributed by atoms with Crippen molar-refractivity contribution in [1.29, 1.82) is 0 Å². The van der Waals surface area contributed by atoms with Crippen LogP contribution in [0.4, 0.5) is 11.6 Å². The number of carbonyl (C=O) groups excluding carboxylic acids is 2. The van der Waals surface area contributed by atoms with E-state index in [4.69, 9.17) is 5.73 Å². The number of aromatic nitrogens is 2. The van der Waals surface area contributed by atoms with Crippen LogP contribution in [0, 0.1) is 0 Å². The van der Waals surface area contributed by atoms with Gasteiger partial charge >= 0.3 is 0 Å². The zero-order valence-electron chi connectivity index (χ0n) is 18.9. The molecule has 2 aromatic carbocycles. The molecule has 9 nitrogen and oxygen atoms in total. The lowest BCUT2D eigenvalue weighted by Crippen LogP contribution is -2.39. The van der Waals surface area contributed by atoms with Gasteiger partial charge in [-0.3, -0.25) is 19.9 Å². The number of para-hydroxylation sites is 3. The smallest absolute Gasteiger partial charge is 0.274 e. The van der Waals surface area contributed by atoms with E-state index in [1.54, 1.807) is 0 Å². The number of nitrogens with zero attached hydrogens (tertiary/aromatic N) is 5. The van der Waals surface area contributed by atoms with Gasteiger partial charge in [-0.15, -0.1) is 0 Å². The summed E-state index contributed by atoms with van der Waals surface area (Å²) >= 11 is 0. The van der Waals surface area contributed by atoms with Gasteiger partial charge < -0.3 is 15.2 Å². The Hall–Kier alpha value is -3.72. The van der Waals surface area contributed by atoms with Crippen LogP contribution in [-0.4, -0.2) is 57.7 Å². The van der Waals surface area contributed by atoms with Crippen LogP contribution in [0.3, 0.4) is 0 Å². The molecule has 0 radical (unpaired) electrons. The molecule has 0 saturated carbocycles. The zero-order valence-corrected chi connectivity index (χ0v) is 18.9. The Kier molecular flexibility index (Phi) is 6.69. The minimum absolute atomic E-state index is 0.135. The first kappa shape index (κ1) is 22.5. The van der Waals surface area contributed by atoms with E-state index < -0.39 is 11.9 Å². The third kappa shape index (κ3) is 4.73. The summed E-state index contributed by atoms with van der Waals surface area (Å²) < 4.78 is 2.02. The number of carbonyl (C=O) groups is 2. The molecule has 9 heteroatoms. The molecule has 3 N–H and O–H groups in total. The summed E-state index contributed by atoms with van der Waals surface area (Å²) in [5.41, 5.74) is 8.31. The summed E-state index contributed by atoms with van der Waals surface area (Å²) in [6, 6.07) is 16.3. The van der Waals surface area contributed by atoms with Crippen molar-refractivity contribution in [3.63, 3.8) is 0 Å². The van der Waals surface area contributed by atoms with Gasteiger partial charge in [0.1, 0.15) is 11.8 Å². The second-order valence-electron chi connectivity index (χ2n) is 7.91. The number of nitrogens with two attached hydrogens (primary N) is 1. The van der Waals surface area contributed by atoms with Crippen LogP contribution in [0.2, 0.25) is 0 Å². The van der Waals surface area contributed by atoms with Gasteiger partial charge in [0.2, 0.25) is 11.9 Å². The molecule has 0 fully saturated rings. The number of hydrogen-bond acceptors (Lipinski definition) is 6. The molecular formula is C24H29N7O2. The molecule has 2 heterocycles. The van der Waals surface area contributed by atoms with Gasteiger partial charge in [0, 0.05) is 19.5 Å². The number of likely N-dealkylation sites (N-methyl/N-ethyl adjacent to an activating group) is 1. The predicted octanol–water partition coefficient (Wildman–Crippen LogP) is 2.44. The second-order valence-corrected chi connectivity index (χ2v) is 7.91. The topological polar surface area (TPSA) is 109 Å². The van der Waals surface area contributed by atoms with Crippen LogP contribution in [0.5, 0.6) is 0 Å². The quantitative estimate of drug-likeness (QED) is 0.524. The van der Waals surface area contributed by atoms with Crippen LogP contribution >= 0.6 is 0 Å². The molecule has 33 heavy (non-hydrogen) atoms. The van der Waals surface area contributed by atoms with E-state index in [0.717, 1.165) is 30.7 Å². The predicted molar refractivity (Wildman–Crippen MR) is 130 cm³/mol. The molecule has 1 aromatic heterocycles. The minimum Gasteiger partial charge on any atom is -0.368 e. The largest absolute Gasteiger partial charge is 0.368 e. The Morgan fingerprint density at radius 2 is 1.79 bits per heavy atom. The van der Waals surface area contributed by atoms with Gasteiger partial charge in [0.25, 0.3) is 5.91 Å². The Labute approximate surface area is 192 Å². The van der Waals surface area contributed by atoms with E-state index in [1.165, 1.54) is 5.01 Å². The fourth-order valence-corrected chi connectivity index (χ4v) is 4.04. The van der Waals surface area contributed by atoms with Crippen molar-refractivity contribution in [2.45, 2.75) is 32.9 Å². The number of fused-ring (bicyclic) bond motifs is 1. The van der Waals surface area contributed by atoms with Crippen molar-refractivity contribution < 1.29 is 9.59 Å². The number of anilines is 2. The Morgan fingerprint density at radius 3 is 2.48 bits per heavy atom. The van der Waals surface area contributed by atoms with Crippen LogP contribution in [0.25, 0.3) is 11.0 Å². The Bertz CT molecular complexity index is 1170. The van der Waals surface area contributed by atoms with Crippen LogP contribution in [-0.2, 0) is 16.1 Å². The lowest BCUT2D eigenvalue weighted by molar-refractivity contribution is -0.119. The molecule has 4 rings (SSSR count). The van der Waals surface area contributed by atoms with Crippen molar-refractivity contribution in [2.75, 3.05) is 30.0 Å². The number of nitrogens with one attached hydrogen (secondary N) is 1. The second kappa shape index (κ2) is 9.83. The Balaban J connectivity index is 1.59. The molecule has 0 spiro atoms. The molecule has 0 bridgehead atoms. The monoisotopic (exact) mass is 447 g/mol. The fourth-order valence-electron chi connectivity index (χ4n) is 4.04. The highest BCUT2D eigenvalue weighted by Crippen LogP contribution is 2.25. The molecule has 1 aliphatic rings. The fraction of sp³-hybridized carbons (Fsp3) is 0.333. The summed E-state index contributed by atoms with van der Waals surface area (Å²) in [4.78, 5) is 32.2. The molecule has 3 aromatic rings. The first-order valence-electron chi connectivity index (χ1n) is 11.2. The van der Waals surface area contributed by atoms with Gasteiger partial charge in [0.05, 0.1) is 16.7 Å². The van der Waals surface area contributed by atoms with E-state index >= 15 is 0 Å². The highest BCUT2D eigenvalue weighted by molar-refractivity contribution is 6.44. The van der Waals surface area contributed by atoms with Crippen molar-refractivity contribution in [1.82, 2.24) is 14.5 Å². The molecule has 1 unspecified atom stereocenters. The number of hydrogen-bond donors (Lipinski definition) is 2. The highest BCUT2D eigenvalue weighted by Gasteiger charge is 2.35. The van der Waals surface area contributed by atoms with Crippen LogP contribution in [0.15, 0.2) is 59.7 Å². The molecule has 1 atom stereocenters. The van der Waals surface area contributed by atoms with Gasteiger partial charge in [-0.1, -0.05) is 44.2 Å². The van der Waals surface area contributed by atoms with Gasteiger partial charge in [-0.2, -0.15) is 5.10 Å². The van der Waals surface area contributed by atoms with Crippen molar-refractivity contribution >= 4 is 40.2 Å². The molecule has 0 aliphatic carbocycles. The number of benzene rings is 2. The number of rotatable bonds is 9. The van der Waals surface area contributed by atoms with E-state index in [0.29, 0.717) is 18.2 Å². The maximum atomic E-state index is 13.2. The lowest BCUT2D eigenvalue weighted by atomic mass is 10.1. The first-order valence-corrected chi connectivity index (χ1v) is 11.2. The van der Waals surface area contributed by atoms with E-state index in [1.807, 2.05) is 59.2 Å². The summed E-state index contributed by atoms with van der Waals surface area (Å²) in [6.45, 7) is 7.68. The van der Waals surface area contributed by atoms with E-state index in [9.17, 15) is 9.59 Å². The van der Waals surface area contributed by atoms with Crippen molar-refractivity contribution in [2.24, 2.45) is 10.8 Å². The van der Waals surface area contributed by atoms with E-state index in [2.05, 4.69) is 34.1 Å². The van der Waals surface area contributed by atoms with Crippen molar-refractivity contribution in [3.8, 4) is 0 Å². The normalized spacial score (nSPS) is 15.8. The molecule has 1 aliphatic heterocycles. The molecular weight excluding hydrogens is 418 g/mol. The lowest BCUT2D eigenvalue weighted by Gasteiger charge is -2.20. The van der Waals surface area contributed by atoms with E-state index in [-0.39, 0.29) is 18.0 Å². The standard InChI is InChI=1S/C24H29N7O2/c1-3-29(4-2)14-15-30-20-13-9-8-12-18(20)26-24(30)27-23(33)19-16-21(22(25)32)31(28-19)17-10-6-5-7-11-17/h5-13,21H,3-4,14-16H2,1-2H3,(H2,25,32)(H,26,27,33). The number of hydrazone groups is 1. The average molecular weight is 448 g/mol. The van der Waals surface area contributed by atoms with Gasteiger partial charge in [-0.25, -0.2) is 4.98 Å². The summed E-state index contributed by atoms with van der Waals surface area (Å²) in [6.07, 6.45) is 0.135. The zero-order chi connectivity index (χ0) is 23.4. The molecule has 2 amide bonds. The number of amides is 2. The Morgan fingerprint density at radius 1 is 1.09 bits per heavy atom. The van der Waals surface area contributed by atoms with Gasteiger partial charge in [-0.05, 0) is 37.4 Å². The number of imidazole rings is 1. The van der Waals surface area contributed by atoms with Crippen LogP contribution in [0.1, 0.15) is 20.3 Å². The summed E-state index contributed by atoms with van der Waals surface area (Å²) in [7, 11) is 0. The third-order valence-corrected chi connectivity index (χ3v) is 5.94. The van der Waals surface area contributed by atoms with Gasteiger partial charge in [0.15, 0.2) is 0 Å². The highest BCUT2D eigenvalue weighted by atomic mass is 16.2. The first-order chi connectivity index (χ1) is 16.0. The number of primary amides is 1.